The van der Waals surface area contributed by atoms with Crippen LogP contribution in [0.4, 0.5) is 4.39 Å². The molecule has 0 spiro atoms. The molecule has 3 N–H and O–H groups in total. The van der Waals surface area contributed by atoms with E-state index < -0.39 is 11.7 Å². The predicted octanol–water partition coefficient (Wildman–Crippen LogP) is 1.79. The van der Waals surface area contributed by atoms with Crippen molar-refractivity contribution in [1.29, 1.82) is 0 Å². The number of amides is 1. The predicted molar refractivity (Wildman–Crippen MR) is 96.2 cm³/mol. The van der Waals surface area contributed by atoms with Crippen LogP contribution < -0.4 is 5.73 Å². The number of aromatic amines is 1. The third-order valence-corrected chi connectivity index (χ3v) is 4.46. The number of H-pyrrole nitrogens is 1. The summed E-state index contributed by atoms with van der Waals surface area (Å²) in [6.45, 7) is 3.94. The number of fused-ring (bicyclic) bond motifs is 1. The number of nitrogens with zero attached hydrogens (tertiary/aromatic N) is 6. The molecule has 138 valence electrons. The number of carbonyl (C=O) groups is 1. The van der Waals surface area contributed by atoms with E-state index in [-0.39, 0.29) is 17.2 Å². The Morgan fingerprint density at radius 3 is 2.85 bits per heavy atom. The summed E-state index contributed by atoms with van der Waals surface area (Å²) in [5.74, 6) is -0.448. The maximum atomic E-state index is 14.5. The molecule has 3 aromatic heterocycles. The van der Waals surface area contributed by atoms with Gasteiger partial charge in [0.2, 0.25) is 5.91 Å². The maximum absolute atomic E-state index is 14.5. The number of nitrogens with two attached hydrogens (primary N) is 1. The molecule has 4 aromatic rings. The van der Waals surface area contributed by atoms with Gasteiger partial charge in [0.1, 0.15) is 5.69 Å². The van der Waals surface area contributed by atoms with Crippen molar-refractivity contribution in [3.8, 4) is 22.9 Å². The van der Waals surface area contributed by atoms with E-state index >= 15 is 0 Å². The fourth-order valence-corrected chi connectivity index (χ4v) is 3.08. The van der Waals surface area contributed by atoms with Crippen LogP contribution in [0.3, 0.4) is 0 Å². The average molecular weight is 368 g/mol. The minimum Gasteiger partial charge on any atom is -0.366 e. The number of primary amides is 1. The zero-order valence-electron chi connectivity index (χ0n) is 15.0. The van der Waals surface area contributed by atoms with E-state index in [9.17, 15) is 9.18 Å². The first-order valence-electron chi connectivity index (χ1n) is 8.32. The average Bonchev–Trinajstić information content (AvgIpc) is 3.33. The largest absolute Gasteiger partial charge is 0.366 e. The molecule has 27 heavy (non-hydrogen) atoms. The monoisotopic (exact) mass is 368 g/mol. The van der Waals surface area contributed by atoms with Crippen molar-refractivity contribution >= 4 is 16.8 Å². The topological polar surface area (TPSA) is 120 Å². The van der Waals surface area contributed by atoms with E-state index in [1.807, 2.05) is 6.92 Å². The Balaban J connectivity index is 1.91. The van der Waals surface area contributed by atoms with Crippen LogP contribution in [0, 0.1) is 12.7 Å². The summed E-state index contributed by atoms with van der Waals surface area (Å²) in [7, 11) is 1.76. The SMILES string of the molecule is CCn1nc(C)c(F)c1-c1nc(-c2cc(C(N)=O)cc3c2cnn3C)n[nH]1. The second-order valence-corrected chi connectivity index (χ2v) is 6.16. The van der Waals surface area contributed by atoms with Gasteiger partial charge in [-0.15, -0.1) is 0 Å². The number of halogens is 1. The zero-order chi connectivity index (χ0) is 19.3. The number of aromatic nitrogens is 7. The van der Waals surface area contributed by atoms with Crippen molar-refractivity contribution in [3.05, 3.63) is 35.4 Å². The van der Waals surface area contributed by atoms with E-state index in [0.717, 1.165) is 5.39 Å². The van der Waals surface area contributed by atoms with Crippen LogP contribution in [0.1, 0.15) is 23.0 Å². The number of benzene rings is 1. The lowest BCUT2D eigenvalue weighted by Gasteiger charge is -2.03. The molecule has 1 amide bonds. The fraction of sp³-hybridized carbons (Fsp3) is 0.235. The normalized spacial score (nSPS) is 11.4. The van der Waals surface area contributed by atoms with Gasteiger partial charge in [-0.3, -0.25) is 19.3 Å². The van der Waals surface area contributed by atoms with Gasteiger partial charge in [0, 0.05) is 30.1 Å². The van der Waals surface area contributed by atoms with Gasteiger partial charge in [0.05, 0.1) is 17.4 Å². The molecule has 3 heterocycles. The van der Waals surface area contributed by atoms with Crippen LogP contribution in [0.15, 0.2) is 18.3 Å². The summed E-state index contributed by atoms with van der Waals surface area (Å²) in [4.78, 5) is 16.1. The van der Waals surface area contributed by atoms with Gasteiger partial charge in [-0.05, 0) is 26.0 Å². The lowest BCUT2D eigenvalue weighted by Crippen LogP contribution is -2.11. The second kappa shape index (κ2) is 6.01. The summed E-state index contributed by atoms with van der Waals surface area (Å²) < 4.78 is 17.6. The first-order chi connectivity index (χ1) is 12.9. The maximum Gasteiger partial charge on any atom is 0.248 e. The van der Waals surface area contributed by atoms with Crippen LogP contribution >= 0.6 is 0 Å². The number of carbonyl (C=O) groups excluding carboxylic acids is 1. The van der Waals surface area contributed by atoms with Crippen LogP contribution in [-0.4, -0.2) is 40.6 Å². The Bertz CT molecular complexity index is 1190. The summed E-state index contributed by atoms with van der Waals surface area (Å²) >= 11 is 0. The molecule has 1 aromatic carbocycles. The van der Waals surface area contributed by atoms with Gasteiger partial charge in [0.15, 0.2) is 17.5 Å². The number of hydrogen-bond acceptors (Lipinski definition) is 5. The number of nitrogens with one attached hydrogen (secondary N) is 1. The van der Waals surface area contributed by atoms with Crippen molar-refractivity contribution < 1.29 is 9.18 Å². The van der Waals surface area contributed by atoms with Gasteiger partial charge < -0.3 is 5.73 Å². The number of rotatable bonds is 4. The summed E-state index contributed by atoms with van der Waals surface area (Å²) in [6, 6.07) is 3.27. The summed E-state index contributed by atoms with van der Waals surface area (Å²) in [5, 5.41) is 16.1. The van der Waals surface area contributed by atoms with Crippen LogP contribution in [0.5, 0.6) is 0 Å². The highest BCUT2D eigenvalue weighted by molar-refractivity contribution is 6.02. The third-order valence-electron chi connectivity index (χ3n) is 4.46. The highest BCUT2D eigenvalue weighted by atomic mass is 19.1. The van der Waals surface area contributed by atoms with E-state index in [0.29, 0.717) is 29.0 Å². The van der Waals surface area contributed by atoms with Gasteiger partial charge in [-0.1, -0.05) is 0 Å². The van der Waals surface area contributed by atoms with Gasteiger partial charge in [-0.25, -0.2) is 9.37 Å². The highest BCUT2D eigenvalue weighted by Gasteiger charge is 2.21. The Kier molecular flexibility index (Phi) is 3.76. The fourth-order valence-electron chi connectivity index (χ4n) is 3.08. The summed E-state index contributed by atoms with van der Waals surface area (Å²) in [5.41, 5.74) is 7.58. The van der Waals surface area contributed by atoms with E-state index in [4.69, 9.17) is 5.73 Å². The molecule has 0 aliphatic rings. The molecule has 0 bridgehead atoms. The van der Waals surface area contributed by atoms with Crippen molar-refractivity contribution in [2.45, 2.75) is 20.4 Å². The van der Waals surface area contributed by atoms with Crippen molar-refractivity contribution in [3.63, 3.8) is 0 Å². The van der Waals surface area contributed by atoms with Crippen molar-refractivity contribution in [1.82, 2.24) is 34.7 Å². The third kappa shape index (κ3) is 2.57. The lowest BCUT2D eigenvalue weighted by molar-refractivity contribution is 0.100. The van der Waals surface area contributed by atoms with E-state index in [1.165, 1.54) is 4.68 Å². The van der Waals surface area contributed by atoms with Gasteiger partial charge >= 0.3 is 0 Å². The Morgan fingerprint density at radius 1 is 1.37 bits per heavy atom. The number of hydrogen-bond donors (Lipinski definition) is 2. The molecule has 0 saturated heterocycles. The molecular weight excluding hydrogens is 351 g/mol. The number of aryl methyl sites for hydroxylation is 3. The first kappa shape index (κ1) is 16.9. The smallest absolute Gasteiger partial charge is 0.248 e. The lowest BCUT2D eigenvalue weighted by atomic mass is 10.1. The molecule has 0 radical (unpaired) electrons. The molecule has 0 atom stereocenters. The standard InChI is InChI=1S/C17H17FN8O/c1-4-26-14(13(18)8(2)24-26)17-21-16(22-23-17)10-5-9(15(19)27)6-12-11(10)7-20-25(12)3/h5-7H,4H2,1-3H3,(H2,19,27)(H,21,22,23). The summed E-state index contributed by atoms with van der Waals surface area (Å²) in [6.07, 6.45) is 1.66. The minimum absolute atomic E-state index is 0.238. The second-order valence-electron chi connectivity index (χ2n) is 6.16. The molecule has 0 saturated carbocycles. The molecule has 4 rings (SSSR count). The van der Waals surface area contributed by atoms with Gasteiger partial charge in [-0.2, -0.15) is 15.3 Å². The van der Waals surface area contributed by atoms with Crippen LogP contribution in [0.2, 0.25) is 0 Å². The van der Waals surface area contributed by atoms with Gasteiger partial charge in [0.25, 0.3) is 0 Å². The minimum atomic E-state index is -0.569. The molecule has 0 unspecified atom stereocenters. The molecule has 10 heteroatoms. The molecule has 9 nitrogen and oxygen atoms in total. The Labute approximate surface area is 153 Å². The van der Waals surface area contributed by atoms with Crippen molar-refractivity contribution in [2.24, 2.45) is 12.8 Å². The van der Waals surface area contributed by atoms with E-state index in [2.05, 4.69) is 25.4 Å². The van der Waals surface area contributed by atoms with E-state index in [1.54, 1.807) is 37.0 Å². The Morgan fingerprint density at radius 2 is 2.15 bits per heavy atom. The Hall–Kier alpha value is -3.56. The first-order valence-corrected chi connectivity index (χ1v) is 8.32. The van der Waals surface area contributed by atoms with Crippen LogP contribution in [-0.2, 0) is 13.6 Å². The highest BCUT2D eigenvalue weighted by Crippen LogP contribution is 2.30. The van der Waals surface area contributed by atoms with Crippen LogP contribution in [0.25, 0.3) is 33.8 Å². The molecular formula is C17H17FN8O. The quantitative estimate of drug-likeness (QED) is 0.569. The molecule has 0 aliphatic heterocycles. The molecule has 0 aliphatic carbocycles. The molecule has 0 fully saturated rings. The van der Waals surface area contributed by atoms with Crippen molar-refractivity contribution in [2.75, 3.05) is 0 Å². The zero-order valence-corrected chi connectivity index (χ0v) is 15.0.